The Morgan fingerprint density at radius 2 is 1.73 bits per heavy atom. The Bertz CT molecular complexity index is 694. The highest BCUT2D eigenvalue weighted by Crippen LogP contribution is 2.17. The summed E-state index contributed by atoms with van der Waals surface area (Å²) in [5.74, 6) is -0.164. The van der Waals surface area contributed by atoms with Gasteiger partial charge in [0.1, 0.15) is 0 Å². The fourth-order valence-electron chi connectivity index (χ4n) is 2.03. The number of rotatable bonds is 4. The highest BCUT2D eigenvalue weighted by molar-refractivity contribution is 6.04. The van der Waals surface area contributed by atoms with Crippen molar-refractivity contribution in [3.05, 3.63) is 64.7 Å². The first-order chi connectivity index (χ1) is 10.5. The second-order valence-corrected chi connectivity index (χ2v) is 5.19. The quantitative estimate of drug-likeness (QED) is 0.810. The molecule has 0 unspecified atom stereocenters. The van der Waals surface area contributed by atoms with Gasteiger partial charge in [-0.1, -0.05) is 24.3 Å². The van der Waals surface area contributed by atoms with Crippen molar-refractivity contribution in [2.45, 2.75) is 20.4 Å². The van der Waals surface area contributed by atoms with Crippen molar-refractivity contribution >= 4 is 17.6 Å². The molecule has 0 heterocycles. The van der Waals surface area contributed by atoms with Gasteiger partial charge in [-0.05, 0) is 48.7 Å². The molecule has 0 aliphatic heterocycles. The minimum absolute atomic E-state index is 0.164. The first-order valence-electron chi connectivity index (χ1n) is 6.96. The molecule has 3 amide bonds. The molecule has 5 heteroatoms. The normalized spacial score (nSPS) is 10.1. The topological polar surface area (TPSA) is 84.2 Å². The molecule has 22 heavy (non-hydrogen) atoms. The van der Waals surface area contributed by atoms with Crippen molar-refractivity contribution in [2.24, 2.45) is 5.73 Å². The number of anilines is 1. The third-order valence-electron chi connectivity index (χ3n) is 3.32. The number of benzene rings is 2. The molecule has 2 aromatic carbocycles. The Kier molecular flexibility index (Phi) is 4.78. The van der Waals surface area contributed by atoms with Crippen LogP contribution in [0, 0.1) is 13.8 Å². The van der Waals surface area contributed by atoms with Crippen LogP contribution >= 0.6 is 0 Å². The van der Waals surface area contributed by atoms with Crippen LogP contribution in [0.25, 0.3) is 0 Å². The van der Waals surface area contributed by atoms with Gasteiger partial charge in [0.25, 0.3) is 5.91 Å². The zero-order valence-electron chi connectivity index (χ0n) is 12.6. The maximum absolute atomic E-state index is 12.3. The molecule has 2 rings (SSSR count). The average Bonchev–Trinajstić information content (AvgIpc) is 2.49. The number of urea groups is 1. The predicted octanol–water partition coefficient (Wildman–Crippen LogP) is 2.72. The lowest BCUT2D eigenvalue weighted by atomic mass is 10.1. The number of amides is 3. The minimum Gasteiger partial charge on any atom is -0.352 e. The maximum Gasteiger partial charge on any atom is 0.312 e. The first-order valence-corrected chi connectivity index (χ1v) is 6.96. The lowest BCUT2D eigenvalue weighted by Crippen LogP contribution is -2.28. The minimum atomic E-state index is -0.572. The molecule has 0 saturated heterocycles. The van der Waals surface area contributed by atoms with E-state index in [2.05, 4.69) is 10.6 Å². The van der Waals surface area contributed by atoms with E-state index in [0.717, 1.165) is 22.4 Å². The number of carbonyl (C=O) groups is 2. The van der Waals surface area contributed by atoms with Gasteiger partial charge in [0.15, 0.2) is 0 Å². The van der Waals surface area contributed by atoms with Crippen LogP contribution < -0.4 is 16.4 Å². The molecule has 0 atom stereocenters. The van der Waals surface area contributed by atoms with E-state index in [4.69, 9.17) is 5.73 Å². The fourth-order valence-corrected chi connectivity index (χ4v) is 2.03. The number of carbonyl (C=O) groups excluding carboxylic acids is 2. The number of hydrogen-bond donors (Lipinski definition) is 3. The van der Waals surface area contributed by atoms with Gasteiger partial charge in [-0.15, -0.1) is 0 Å². The number of aryl methyl sites for hydroxylation is 2. The number of nitrogens with one attached hydrogen (secondary N) is 2. The molecule has 5 nitrogen and oxygen atoms in total. The van der Waals surface area contributed by atoms with Crippen LogP contribution in [-0.4, -0.2) is 11.9 Å². The summed E-state index contributed by atoms with van der Waals surface area (Å²) in [6, 6.07) is 12.4. The molecular formula is C17H19N3O2. The van der Waals surface area contributed by atoms with Gasteiger partial charge in [-0.25, -0.2) is 4.79 Å². The Balaban J connectivity index is 2.06. The summed E-state index contributed by atoms with van der Waals surface area (Å²) < 4.78 is 0. The SMILES string of the molecule is Cc1ccc(C)c(NC(=O)c2ccc(CNC(N)=O)cc2)c1. The molecule has 0 bridgehead atoms. The number of primary amides is 1. The molecule has 0 aliphatic rings. The second-order valence-electron chi connectivity index (χ2n) is 5.19. The standard InChI is InChI=1S/C17H19N3O2/c1-11-3-4-12(2)15(9-11)20-16(21)14-7-5-13(6-8-14)10-19-17(18)22/h3-9H,10H2,1-2H3,(H,20,21)(H3,18,19,22). The van der Waals surface area contributed by atoms with Crippen LogP contribution in [0.3, 0.4) is 0 Å². The third kappa shape index (κ3) is 4.09. The Labute approximate surface area is 129 Å². The van der Waals surface area contributed by atoms with Gasteiger partial charge in [-0.3, -0.25) is 4.79 Å². The molecule has 4 N–H and O–H groups in total. The summed E-state index contributed by atoms with van der Waals surface area (Å²) in [6.07, 6.45) is 0. The molecule has 0 radical (unpaired) electrons. The van der Waals surface area contributed by atoms with Gasteiger partial charge in [0, 0.05) is 17.8 Å². The number of hydrogen-bond acceptors (Lipinski definition) is 2. The van der Waals surface area contributed by atoms with Crippen molar-refractivity contribution < 1.29 is 9.59 Å². The summed E-state index contributed by atoms with van der Waals surface area (Å²) in [7, 11) is 0. The molecule has 2 aromatic rings. The van der Waals surface area contributed by atoms with Crippen LogP contribution in [0.2, 0.25) is 0 Å². The van der Waals surface area contributed by atoms with Crippen LogP contribution in [0.1, 0.15) is 27.0 Å². The smallest absolute Gasteiger partial charge is 0.312 e. The summed E-state index contributed by atoms with van der Waals surface area (Å²) in [6.45, 7) is 4.28. The van der Waals surface area contributed by atoms with E-state index in [1.807, 2.05) is 32.0 Å². The molecule has 0 aromatic heterocycles. The van der Waals surface area contributed by atoms with E-state index in [0.29, 0.717) is 12.1 Å². The highest BCUT2D eigenvalue weighted by atomic mass is 16.2. The second kappa shape index (κ2) is 6.76. The Morgan fingerprint density at radius 3 is 2.36 bits per heavy atom. The van der Waals surface area contributed by atoms with E-state index in [-0.39, 0.29) is 5.91 Å². The number of nitrogens with two attached hydrogens (primary N) is 1. The van der Waals surface area contributed by atoms with E-state index < -0.39 is 6.03 Å². The molecule has 114 valence electrons. The maximum atomic E-state index is 12.3. The van der Waals surface area contributed by atoms with Crippen molar-refractivity contribution in [3.8, 4) is 0 Å². The molecule has 0 spiro atoms. The monoisotopic (exact) mass is 297 g/mol. The predicted molar refractivity (Wildman–Crippen MR) is 86.7 cm³/mol. The molecular weight excluding hydrogens is 278 g/mol. The van der Waals surface area contributed by atoms with Gasteiger partial charge in [0.2, 0.25) is 0 Å². The lowest BCUT2D eigenvalue weighted by Gasteiger charge is -2.10. The zero-order chi connectivity index (χ0) is 16.1. The average molecular weight is 297 g/mol. The summed E-state index contributed by atoms with van der Waals surface area (Å²) >= 11 is 0. The van der Waals surface area contributed by atoms with Crippen LogP contribution in [-0.2, 0) is 6.54 Å². The van der Waals surface area contributed by atoms with Gasteiger partial charge in [-0.2, -0.15) is 0 Å². The third-order valence-corrected chi connectivity index (χ3v) is 3.32. The van der Waals surface area contributed by atoms with Crippen LogP contribution in [0.4, 0.5) is 10.5 Å². The van der Waals surface area contributed by atoms with Crippen molar-refractivity contribution in [1.29, 1.82) is 0 Å². The Hall–Kier alpha value is -2.82. The van der Waals surface area contributed by atoms with Crippen LogP contribution in [0.5, 0.6) is 0 Å². The van der Waals surface area contributed by atoms with Crippen molar-refractivity contribution in [1.82, 2.24) is 5.32 Å². The zero-order valence-corrected chi connectivity index (χ0v) is 12.6. The lowest BCUT2D eigenvalue weighted by molar-refractivity contribution is 0.102. The largest absolute Gasteiger partial charge is 0.352 e. The van der Waals surface area contributed by atoms with Crippen LogP contribution in [0.15, 0.2) is 42.5 Å². The van der Waals surface area contributed by atoms with E-state index >= 15 is 0 Å². The Morgan fingerprint density at radius 1 is 1.05 bits per heavy atom. The van der Waals surface area contributed by atoms with E-state index in [1.54, 1.807) is 24.3 Å². The highest BCUT2D eigenvalue weighted by Gasteiger charge is 2.08. The first kappa shape index (κ1) is 15.6. The molecule has 0 fully saturated rings. The van der Waals surface area contributed by atoms with Gasteiger partial charge in [0.05, 0.1) is 0 Å². The van der Waals surface area contributed by atoms with Crippen molar-refractivity contribution in [3.63, 3.8) is 0 Å². The van der Waals surface area contributed by atoms with Gasteiger partial charge >= 0.3 is 6.03 Å². The summed E-state index contributed by atoms with van der Waals surface area (Å²) in [5, 5.41) is 5.41. The van der Waals surface area contributed by atoms with Crippen molar-refractivity contribution in [2.75, 3.05) is 5.32 Å². The van der Waals surface area contributed by atoms with Gasteiger partial charge < -0.3 is 16.4 Å². The van der Waals surface area contributed by atoms with E-state index in [9.17, 15) is 9.59 Å². The molecule has 0 saturated carbocycles. The fraction of sp³-hybridized carbons (Fsp3) is 0.176. The van der Waals surface area contributed by atoms with E-state index in [1.165, 1.54) is 0 Å². The molecule has 0 aliphatic carbocycles. The summed E-state index contributed by atoms with van der Waals surface area (Å²) in [5.41, 5.74) is 9.37. The summed E-state index contributed by atoms with van der Waals surface area (Å²) in [4.78, 5) is 22.9.